The van der Waals surface area contributed by atoms with Crippen molar-refractivity contribution in [3.8, 4) is 11.5 Å². The molecule has 3 heterocycles. The number of halogens is 6. The van der Waals surface area contributed by atoms with Gasteiger partial charge in [0.25, 0.3) is 0 Å². The van der Waals surface area contributed by atoms with Crippen molar-refractivity contribution in [2.45, 2.75) is 50.0 Å². The second kappa shape index (κ2) is 9.36. The second-order valence-corrected chi connectivity index (χ2v) is 9.09. The molecule has 0 unspecified atom stereocenters. The van der Waals surface area contributed by atoms with Crippen LogP contribution in [0.3, 0.4) is 0 Å². The summed E-state index contributed by atoms with van der Waals surface area (Å²) in [6.07, 6.45) is -9.16. The number of piperidine rings is 1. The molecule has 2 aromatic carbocycles. The molecule has 5 rings (SSSR count). The molecule has 5 nitrogen and oxygen atoms in total. The lowest BCUT2D eigenvalue weighted by Crippen LogP contribution is -2.38. The zero-order valence-electron chi connectivity index (χ0n) is 20.0. The highest BCUT2D eigenvalue weighted by atomic mass is 19.4. The summed E-state index contributed by atoms with van der Waals surface area (Å²) in [5.41, 5.74) is -2.69. The molecule has 0 radical (unpaired) electrons. The molecule has 0 saturated carbocycles. The van der Waals surface area contributed by atoms with Crippen molar-refractivity contribution < 1.29 is 40.6 Å². The van der Waals surface area contributed by atoms with Crippen LogP contribution in [0.25, 0.3) is 10.9 Å². The predicted molar refractivity (Wildman–Crippen MR) is 122 cm³/mol. The van der Waals surface area contributed by atoms with Crippen LogP contribution in [0.1, 0.15) is 54.0 Å². The van der Waals surface area contributed by atoms with Crippen LogP contribution < -0.4 is 9.47 Å². The van der Waals surface area contributed by atoms with E-state index in [9.17, 15) is 26.3 Å². The maximum absolute atomic E-state index is 13.8. The van der Waals surface area contributed by atoms with E-state index in [0.717, 1.165) is 25.0 Å². The van der Waals surface area contributed by atoms with Crippen LogP contribution in [0.15, 0.2) is 42.5 Å². The molecule has 0 spiro atoms. The zero-order chi connectivity index (χ0) is 26.5. The predicted octanol–water partition coefficient (Wildman–Crippen LogP) is 6.91. The first-order chi connectivity index (χ1) is 17.5. The highest BCUT2D eigenvalue weighted by molar-refractivity contribution is 5.86. The van der Waals surface area contributed by atoms with Crippen LogP contribution in [0.4, 0.5) is 26.3 Å². The number of methoxy groups -OCH3 is 2. The number of aromatic nitrogens is 1. The smallest absolute Gasteiger partial charge is 0.433 e. The van der Waals surface area contributed by atoms with E-state index in [2.05, 4.69) is 4.98 Å². The van der Waals surface area contributed by atoms with Crippen molar-refractivity contribution in [1.29, 1.82) is 0 Å². The number of nitrogens with zero attached hydrogens (tertiary/aromatic N) is 2. The third-order valence-corrected chi connectivity index (χ3v) is 6.99. The van der Waals surface area contributed by atoms with Gasteiger partial charge in [0.05, 0.1) is 25.3 Å². The van der Waals surface area contributed by atoms with Gasteiger partial charge in [-0.2, -0.15) is 26.3 Å². The fraction of sp³-hybridized carbons (Fsp3) is 0.423. The lowest BCUT2D eigenvalue weighted by Gasteiger charge is -2.33. The van der Waals surface area contributed by atoms with E-state index in [-0.39, 0.29) is 17.0 Å². The molecule has 0 amide bonds. The summed E-state index contributed by atoms with van der Waals surface area (Å²) in [6.45, 7) is 0.606. The third kappa shape index (κ3) is 4.48. The van der Waals surface area contributed by atoms with Gasteiger partial charge in [-0.05, 0) is 36.6 Å². The maximum atomic E-state index is 13.8. The van der Waals surface area contributed by atoms with Gasteiger partial charge < -0.3 is 14.2 Å². The van der Waals surface area contributed by atoms with E-state index < -0.39 is 41.5 Å². The number of pyridine rings is 1. The van der Waals surface area contributed by atoms with Crippen LogP contribution in [-0.4, -0.2) is 36.7 Å². The summed E-state index contributed by atoms with van der Waals surface area (Å²) in [5, 5.41) is -0.0170. The average molecular weight is 526 g/mol. The summed E-state index contributed by atoms with van der Waals surface area (Å²) in [6, 6.07) is 9.02. The van der Waals surface area contributed by atoms with Gasteiger partial charge >= 0.3 is 12.4 Å². The number of fused-ring (bicyclic) bond motifs is 2. The van der Waals surface area contributed by atoms with Gasteiger partial charge in [-0.3, -0.25) is 4.90 Å². The van der Waals surface area contributed by atoms with E-state index >= 15 is 0 Å². The Hall–Kier alpha value is -3.05. The SMILES string of the molecule is COc1cccc([C@H]2O[C@@H](c3cc(C(F)(F)F)nc4c(C(F)(F)F)cccc34)[C@H]3CCCCN23)c1OC. The van der Waals surface area contributed by atoms with Crippen molar-refractivity contribution in [3.05, 3.63) is 64.8 Å². The zero-order valence-corrected chi connectivity index (χ0v) is 20.0. The molecule has 0 bridgehead atoms. The van der Waals surface area contributed by atoms with Crippen LogP contribution >= 0.6 is 0 Å². The standard InChI is InChI=1S/C26H24F6N2O3/c1-35-19-11-6-8-15(23(19)36-2)24-34-12-4-3-10-18(34)22(37-24)16-13-20(26(30,31)32)33-21-14(16)7-5-9-17(21)25(27,28)29/h5-9,11,13,18,22,24H,3-4,10,12H2,1-2H3/t18-,22+,24-/m1/s1. The van der Waals surface area contributed by atoms with Gasteiger partial charge in [-0.1, -0.05) is 30.7 Å². The number of ether oxygens (including phenoxy) is 3. The van der Waals surface area contributed by atoms with E-state index in [1.54, 1.807) is 18.2 Å². The summed E-state index contributed by atoms with van der Waals surface area (Å²) in [7, 11) is 2.97. The quantitative estimate of drug-likeness (QED) is 0.346. The Kier molecular flexibility index (Phi) is 6.47. The summed E-state index contributed by atoms with van der Waals surface area (Å²) in [4.78, 5) is 5.47. The van der Waals surface area contributed by atoms with Gasteiger partial charge in [-0.25, -0.2) is 4.98 Å². The van der Waals surface area contributed by atoms with Crippen molar-refractivity contribution in [1.82, 2.24) is 9.88 Å². The van der Waals surface area contributed by atoms with Crippen molar-refractivity contribution in [2.24, 2.45) is 0 Å². The van der Waals surface area contributed by atoms with Gasteiger partial charge in [0.1, 0.15) is 18.0 Å². The molecule has 0 aliphatic carbocycles. The Balaban J connectivity index is 1.70. The topological polar surface area (TPSA) is 43.8 Å². The minimum Gasteiger partial charge on any atom is -0.493 e. The molecular formula is C26H24F6N2O3. The van der Waals surface area contributed by atoms with E-state index in [4.69, 9.17) is 14.2 Å². The first-order valence-corrected chi connectivity index (χ1v) is 11.7. The van der Waals surface area contributed by atoms with Gasteiger partial charge in [0.15, 0.2) is 11.5 Å². The first kappa shape index (κ1) is 25.6. The molecule has 3 aromatic rings. The summed E-state index contributed by atoms with van der Waals surface area (Å²) in [5.74, 6) is 0.888. The van der Waals surface area contributed by atoms with Crippen molar-refractivity contribution in [3.63, 3.8) is 0 Å². The molecule has 2 aliphatic heterocycles. The highest BCUT2D eigenvalue weighted by Crippen LogP contribution is 2.51. The molecule has 0 N–H and O–H groups in total. The molecule has 3 atom stereocenters. The number of alkyl halides is 6. The number of para-hydroxylation sites is 2. The lowest BCUT2D eigenvalue weighted by atomic mass is 9.91. The van der Waals surface area contributed by atoms with Gasteiger partial charge in [-0.15, -0.1) is 0 Å². The normalized spacial score (nSPS) is 22.8. The number of hydrogen-bond acceptors (Lipinski definition) is 5. The van der Waals surface area contributed by atoms with Crippen LogP contribution in [0, 0.1) is 0 Å². The monoisotopic (exact) mass is 526 g/mol. The molecule has 2 fully saturated rings. The van der Waals surface area contributed by atoms with Gasteiger partial charge in [0, 0.05) is 23.5 Å². The van der Waals surface area contributed by atoms with Crippen molar-refractivity contribution in [2.75, 3.05) is 20.8 Å². The Bertz CT molecular complexity index is 1310. The summed E-state index contributed by atoms with van der Waals surface area (Å²) >= 11 is 0. The molecule has 1 aromatic heterocycles. The van der Waals surface area contributed by atoms with Crippen LogP contribution in [-0.2, 0) is 17.1 Å². The summed E-state index contributed by atoms with van der Waals surface area (Å²) < 4.78 is 100. The highest BCUT2D eigenvalue weighted by Gasteiger charge is 2.47. The molecule has 198 valence electrons. The molecular weight excluding hydrogens is 502 g/mol. The number of benzene rings is 2. The molecule has 2 saturated heterocycles. The fourth-order valence-corrected chi connectivity index (χ4v) is 5.43. The van der Waals surface area contributed by atoms with Crippen LogP contribution in [0.5, 0.6) is 11.5 Å². The minimum atomic E-state index is -4.94. The largest absolute Gasteiger partial charge is 0.493 e. The number of hydrogen-bond donors (Lipinski definition) is 0. The Morgan fingerprint density at radius 1 is 0.919 bits per heavy atom. The molecule has 37 heavy (non-hydrogen) atoms. The minimum absolute atomic E-state index is 0.0170. The fourth-order valence-electron chi connectivity index (χ4n) is 5.43. The molecule has 11 heteroatoms. The third-order valence-electron chi connectivity index (χ3n) is 6.99. The van der Waals surface area contributed by atoms with E-state index in [0.29, 0.717) is 30.0 Å². The average Bonchev–Trinajstić information content (AvgIpc) is 3.25. The Morgan fingerprint density at radius 3 is 2.35 bits per heavy atom. The van der Waals surface area contributed by atoms with E-state index in [1.807, 2.05) is 4.90 Å². The van der Waals surface area contributed by atoms with Crippen molar-refractivity contribution >= 4 is 10.9 Å². The first-order valence-electron chi connectivity index (χ1n) is 11.7. The van der Waals surface area contributed by atoms with Crippen LogP contribution in [0.2, 0.25) is 0 Å². The second-order valence-electron chi connectivity index (χ2n) is 9.09. The van der Waals surface area contributed by atoms with Gasteiger partial charge in [0.2, 0.25) is 0 Å². The van der Waals surface area contributed by atoms with E-state index in [1.165, 1.54) is 26.4 Å². The Labute approximate surface area is 208 Å². The lowest BCUT2D eigenvalue weighted by molar-refractivity contribution is -0.142. The Morgan fingerprint density at radius 2 is 1.68 bits per heavy atom. The number of rotatable bonds is 4. The molecule has 2 aliphatic rings. The maximum Gasteiger partial charge on any atom is 0.433 e.